The molecule has 7 rings (SSSR count). The summed E-state index contributed by atoms with van der Waals surface area (Å²) in [7, 11) is 1.41. The highest BCUT2D eigenvalue weighted by Gasteiger charge is 2.36. The average molecular weight is 627 g/mol. The molecule has 13 nitrogen and oxygen atoms in total. The van der Waals surface area contributed by atoms with Crippen LogP contribution in [0.4, 0.5) is 26.8 Å². The largest absolute Gasteiger partial charge is 0.453 e. The zero-order valence-electron chi connectivity index (χ0n) is 25.8. The van der Waals surface area contributed by atoms with Gasteiger partial charge >= 0.3 is 12.1 Å². The van der Waals surface area contributed by atoms with Gasteiger partial charge in [0.25, 0.3) is 0 Å². The number of likely N-dealkylation sites (tertiary alicyclic amines) is 1. The summed E-state index contributed by atoms with van der Waals surface area (Å²) in [5, 5.41) is 20.5. The number of nitrogens with one attached hydrogen (secondary N) is 2. The van der Waals surface area contributed by atoms with Crippen molar-refractivity contribution in [3.05, 3.63) is 60.3 Å². The number of hydrogen-bond acceptors (Lipinski definition) is 9. The number of urea groups is 1. The summed E-state index contributed by atoms with van der Waals surface area (Å²) >= 11 is 0. The van der Waals surface area contributed by atoms with Crippen molar-refractivity contribution in [3.63, 3.8) is 0 Å². The molecule has 0 spiro atoms. The van der Waals surface area contributed by atoms with E-state index in [0.717, 1.165) is 66.8 Å². The van der Waals surface area contributed by atoms with Gasteiger partial charge in [-0.15, -0.1) is 0 Å². The van der Waals surface area contributed by atoms with E-state index in [2.05, 4.69) is 15.5 Å². The van der Waals surface area contributed by atoms with E-state index < -0.39 is 0 Å². The van der Waals surface area contributed by atoms with Crippen molar-refractivity contribution in [1.82, 2.24) is 24.6 Å². The van der Waals surface area contributed by atoms with Gasteiger partial charge in [-0.05, 0) is 74.1 Å². The molecule has 2 bridgehead atoms. The van der Waals surface area contributed by atoms with Gasteiger partial charge in [0.15, 0.2) is 11.5 Å². The smallest absolute Gasteiger partial charge is 0.409 e. The Balaban J connectivity index is 1.13. The maximum Gasteiger partial charge on any atom is 0.409 e. The van der Waals surface area contributed by atoms with Gasteiger partial charge in [0.2, 0.25) is 0 Å². The first kappa shape index (κ1) is 29.9. The zero-order valence-corrected chi connectivity index (χ0v) is 25.8. The Hall–Kier alpha value is -4.75. The van der Waals surface area contributed by atoms with Crippen molar-refractivity contribution in [2.24, 2.45) is 0 Å². The highest BCUT2D eigenvalue weighted by molar-refractivity contribution is 6.00. The molecule has 0 radical (unpaired) electrons. The quantitative estimate of drug-likeness (QED) is 0.271. The molecule has 240 valence electrons. The fraction of sp³-hybridized carbons (Fsp3) is 0.424. The topological polar surface area (TPSA) is 147 Å². The Kier molecular flexibility index (Phi) is 8.41. The third-order valence-electron chi connectivity index (χ3n) is 9.03. The van der Waals surface area contributed by atoms with Crippen LogP contribution in [0.15, 0.2) is 54.7 Å². The van der Waals surface area contributed by atoms with Crippen molar-refractivity contribution in [3.8, 4) is 11.4 Å². The summed E-state index contributed by atoms with van der Waals surface area (Å²) < 4.78 is 13.0. The molecule has 3 aliphatic rings. The van der Waals surface area contributed by atoms with Gasteiger partial charge in [-0.25, -0.2) is 24.2 Å². The number of anilines is 3. The first-order chi connectivity index (χ1) is 22.5. The van der Waals surface area contributed by atoms with Crippen molar-refractivity contribution < 1.29 is 24.2 Å². The lowest BCUT2D eigenvalue weighted by Gasteiger charge is -2.33. The standard InChI is InChI=1S/C33H38N8O5/c1-45-33(44)39-15-12-25(13-16-39)41-31-28(18-34-41)30(40-19-26-10-11-27(20-40)46-26)37-29(38-31)22-4-8-24(9-5-22)36-32(43)35-23-6-2-21(3-7-23)14-17-42/h2-9,18,25-27,42H,10-17,19-20H2,1H3,(H2,35,36,43). The fourth-order valence-electron chi connectivity index (χ4n) is 6.64. The number of morpholine rings is 1. The lowest BCUT2D eigenvalue weighted by atomic mass is 10.1. The van der Waals surface area contributed by atoms with Crippen LogP contribution in [-0.4, -0.2) is 94.0 Å². The maximum absolute atomic E-state index is 12.7. The van der Waals surface area contributed by atoms with Gasteiger partial charge in [-0.2, -0.15) is 5.10 Å². The fourth-order valence-corrected chi connectivity index (χ4v) is 6.64. The number of fused-ring (bicyclic) bond motifs is 3. The number of ether oxygens (including phenoxy) is 2. The van der Waals surface area contributed by atoms with Crippen LogP contribution in [0.1, 0.15) is 37.3 Å². The van der Waals surface area contributed by atoms with Gasteiger partial charge in [0, 0.05) is 49.7 Å². The first-order valence-electron chi connectivity index (χ1n) is 15.8. The number of carbonyl (C=O) groups is 2. The van der Waals surface area contributed by atoms with Gasteiger partial charge < -0.3 is 35.0 Å². The molecule has 4 aromatic rings. The van der Waals surface area contributed by atoms with Crippen LogP contribution in [0.5, 0.6) is 0 Å². The zero-order chi connectivity index (χ0) is 31.6. The molecule has 2 atom stereocenters. The maximum atomic E-state index is 12.7. The van der Waals surface area contributed by atoms with Crippen LogP contribution in [0, 0.1) is 0 Å². The number of aliphatic hydroxyl groups excluding tert-OH is 1. The highest BCUT2D eigenvalue weighted by atomic mass is 16.5. The second-order valence-electron chi connectivity index (χ2n) is 12.1. The number of nitrogens with zero attached hydrogens (tertiary/aromatic N) is 6. The molecule has 2 aromatic heterocycles. The minimum Gasteiger partial charge on any atom is -0.453 e. The summed E-state index contributed by atoms with van der Waals surface area (Å²) in [6, 6.07) is 14.6. The third kappa shape index (κ3) is 6.20. The monoisotopic (exact) mass is 626 g/mol. The Morgan fingerprint density at radius 1 is 0.935 bits per heavy atom. The summed E-state index contributed by atoms with van der Waals surface area (Å²) in [6.45, 7) is 2.81. The molecule has 5 heterocycles. The Labute approximate surface area is 266 Å². The molecule has 0 aliphatic carbocycles. The average Bonchev–Trinajstić information content (AvgIpc) is 3.67. The number of rotatable bonds is 7. The molecule has 13 heteroatoms. The number of methoxy groups -OCH3 is 1. The lowest BCUT2D eigenvalue weighted by Crippen LogP contribution is -2.43. The van der Waals surface area contributed by atoms with E-state index in [1.54, 1.807) is 4.90 Å². The Bertz CT molecular complexity index is 1690. The van der Waals surface area contributed by atoms with Crippen LogP contribution in [0.3, 0.4) is 0 Å². The molecule has 3 aliphatic heterocycles. The molecular weight excluding hydrogens is 588 g/mol. The molecule has 2 unspecified atom stereocenters. The van der Waals surface area contributed by atoms with Crippen LogP contribution in [-0.2, 0) is 15.9 Å². The minimum atomic E-state index is -0.355. The molecular formula is C33H38N8O5. The molecule has 2 aromatic carbocycles. The summed E-state index contributed by atoms with van der Waals surface area (Å²) in [6.07, 6.45) is 6.12. The van der Waals surface area contributed by atoms with Crippen LogP contribution >= 0.6 is 0 Å². The van der Waals surface area contributed by atoms with Crippen LogP contribution < -0.4 is 15.5 Å². The van der Waals surface area contributed by atoms with Gasteiger partial charge in [0.1, 0.15) is 5.82 Å². The van der Waals surface area contributed by atoms with Crippen molar-refractivity contribution in [2.45, 2.75) is 50.4 Å². The molecule has 3 fully saturated rings. The number of aromatic nitrogens is 4. The second kappa shape index (κ2) is 12.9. The van der Waals surface area contributed by atoms with Gasteiger partial charge in [0.05, 0.1) is 36.9 Å². The predicted molar refractivity (Wildman–Crippen MR) is 173 cm³/mol. The predicted octanol–water partition coefficient (Wildman–Crippen LogP) is 4.44. The van der Waals surface area contributed by atoms with Crippen molar-refractivity contribution in [2.75, 3.05) is 55.4 Å². The molecule has 46 heavy (non-hydrogen) atoms. The molecule has 3 N–H and O–H groups in total. The Morgan fingerprint density at radius 2 is 1.59 bits per heavy atom. The van der Waals surface area contributed by atoms with E-state index >= 15 is 0 Å². The van der Waals surface area contributed by atoms with Gasteiger partial charge in [-0.3, -0.25) is 0 Å². The first-order valence-corrected chi connectivity index (χ1v) is 15.8. The summed E-state index contributed by atoms with van der Waals surface area (Å²) in [5.74, 6) is 1.43. The lowest BCUT2D eigenvalue weighted by molar-refractivity contribution is 0.0303. The van der Waals surface area contributed by atoms with Gasteiger partial charge in [-0.1, -0.05) is 12.1 Å². The second-order valence-corrected chi connectivity index (χ2v) is 12.1. The van der Waals surface area contributed by atoms with Crippen LogP contribution in [0.25, 0.3) is 22.4 Å². The number of piperidine rings is 1. The molecule has 0 saturated carbocycles. The van der Waals surface area contributed by atoms with E-state index in [9.17, 15) is 9.59 Å². The number of benzene rings is 2. The normalized spacial score (nSPS) is 19.8. The summed E-state index contributed by atoms with van der Waals surface area (Å²) in [4.78, 5) is 38.9. The van der Waals surface area contributed by atoms with Crippen LogP contribution in [0.2, 0.25) is 0 Å². The van der Waals surface area contributed by atoms with E-state index in [1.807, 2.05) is 59.4 Å². The molecule has 3 saturated heterocycles. The van der Waals surface area contributed by atoms with Crippen molar-refractivity contribution in [1.29, 1.82) is 0 Å². The third-order valence-corrected chi connectivity index (χ3v) is 9.03. The number of carbonyl (C=O) groups excluding carboxylic acids is 2. The minimum absolute atomic E-state index is 0.0824. The van der Waals surface area contributed by atoms with E-state index in [0.29, 0.717) is 36.7 Å². The van der Waals surface area contributed by atoms with E-state index in [1.165, 1.54) is 7.11 Å². The molecule has 3 amide bonds. The SMILES string of the molecule is COC(=O)N1CCC(n2ncc3c(N4CC5CCC(C4)O5)nc(-c4ccc(NC(=O)Nc5ccc(CCO)cc5)cc4)nc32)CC1. The number of amides is 3. The highest BCUT2D eigenvalue weighted by Crippen LogP contribution is 2.35. The number of aliphatic hydroxyl groups is 1. The van der Waals surface area contributed by atoms with E-state index in [-0.39, 0.29) is 37.0 Å². The summed E-state index contributed by atoms with van der Waals surface area (Å²) in [5.41, 5.74) is 3.88. The van der Waals surface area contributed by atoms with Crippen molar-refractivity contribution >= 4 is 40.4 Å². The number of hydrogen-bond donors (Lipinski definition) is 3. The van der Waals surface area contributed by atoms with E-state index in [4.69, 9.17) is 29.6 Å². The Morgan fingerprint density at radius 3 is 2.22 bits per heavy atom.